The number of halogens is 2. The lowest BCUT2D eigenvalue weighted by Crippen LogP contribution is -2.49. The van der Waals surface area contributed by atoms with Gasteiger partial charge in [0, 0.05) is 16.7 Å². The maximum Gasteiger partial charge on any atom is 0.274 e. The highest BCUT2D eigenvalue weighted by molar-refractivity contribution is 6.35. The van der Waals surface area contributed by atoms with Gasteiger partial charge in [-0.2, -0.15) is 5.10 Å². The van der Waals surface area contributed by atoms with E-state index in [1.165, 1.54) is 45.6 Å². The molecule has 0 heterocycles. The number of non-ortho nitro benzene ring substituents is 1. The Morgan fingerprint density at radius 1 is 1.08 bits per heavy atom. The highest BCUT2D eigenvalue weighted by Crippen LogP contribution is 2.34. The Labute approximate surface area is 224 Å². The van der Waals surface area contributed by atoms with Gasteiger partial charge in [-0.25, -0.2) is 5.43 Å². The molecule has 13 heteroatoms. The molecule has 2 rings (SSSR count). The minimum absolute atomic E-state index is 0.0584. The molecule has 2 aromatic rings. The zero-order chi connectivity index (χ0) is 27.7. The van der Waals surface area contributed by atoms with Gasteiger partial charge >= 0.3 is 0 Å². The highest BCUT2D eigenvalue weighted by Gasteiger charge is 2.26. The molecule has 0 aromatic heterocycles. The third-order valence-electron chi connectivity index (χ3n) is 4.99. The lowest BCUT2D eigenvalue weighted by Gasteiger charge is -2.22. The summed E-state index contributed by atoms with van der Waals surface area (Å²) in [7, 11) is 2.71. The van der Waals surface area contributed by atoms with Crippen LogP contribution in [0.25, 0.3) is 0 Å². The predicted molar refractivity (Wildman–Crippen MR) is 140 cm³/mol. The van der Waals surface area contributed by atoms with Crippen LogP contribution in [0.1, 0.15) is 32.8 Å². The number of amides is 2. The Hall–Kier alpha value is -3.57. The third-order valence-corrected chi connectivity index (χ3v) is 5.52. The molecule has 0 aliphatic heterocycles. The van der Waals surface area contributed by atoms with Gasteiger partial charge in [-0.3, -0.25) is 19.7 Å². The molecular formula is C24H28Cl2N4O7. The molecule has 11 nitrogen and oxygen atoms in total. The molecule has 37 heavy (non-hydrogen) atoms. The van der Waals surface area contributed by atoms with Gasteiger partial charge in [-0.1, -0.05) is 37.0 Å². The molecule has 0 aliphatic carbocycles. The molecule has 2 N–H and O–H groups in total. The second kappa shape index (κ2) is 13.7. The summed E-state index contributed by atoms with van der Waals surface area (Å²) < 4.78 is 16.0. The normalized spacial score (nSPS) is 12.6. The number of nitro groups is 1. The van der Waals surface area contributed by atoms with Gasteiger partial charge in [0.2, 0.25) is 0 Å². The topological polar surface area (TPSA) is 141 Å². The predicted octanol–water partition coefficient (Wildman–Crippen LogP) is 4.37. The van der Waals surface area contributed by atoms with Crippen molar-refractivity contribution in [3.05, 3.63) is 56.1 Å². The standard InChI is InChI=1S/C24H28Cl2N4O7/c1-13(2)8-19(28-23(31)14(3)37-20-7-6-16(25)10-18(20)26)24(32)29-27-12-15-9-17(30(33)34)11-21(35-4)22(15)36-5/h6-7,9-14,19H,8H2,1-5H3,(H,28,31)(H,29,32)/b27-12-/t14-,19-/m0/s1. The van der Waals surface area contributed by atoms with Gasteiger partial charge in [0.05, 0.1) is 36.4 Å². The quantitative estimate of drug-likeness (QED) is 0.225. The first-order chi connectivity index (χ1) is 17.5. The zero-order valence-corrected chi connectivity index (χ0v) is 22.4. The number of ether oxygens (including phenoxy) is 3. The first-order valence-corrected chi connectivity index (χ1v) is 11.9. The van der Waals surface area contributed by atoms with Crippen LogP contribution in [0, 0.1) is 16.0 Å². The molecule has 0 aliphatic rings. The first kappa shape index (κ1) is 29.7. The lowest BCUT2D eigenvalue weighted by molar-refractivity contribution is -0.385. The molecule has 0 fully saturated rings. The number of carbonyl (C=O) groups excluding carboxylic acids is 2. The first-order valence-electron chi connectivity index (χ1n) is 11.1. The number of hydrogen-bond donors (Lipinski definition) is 2. The SMILES string of the molecule is COc1cc([N+](=O)[O-])cc(/C=N\NC(=O)[C@H](CC(C)C)NC(=O)[C@H](C)Oc2ccc(Cl)cc2Cl)c1OC. The number of methoxy groups -OCH3 is 2. The maximum absolute atomic E-state index is 12.8. The number of rotatable bonds is 12. The smallest absolute Gasteiger partial charge is 0.274 e. The summed E-state index contributed by atoms with van der Waals surface area (Å²) in [6.07, 6.45) is 0.538. The second-order valence-electron chi connectivity index (χ2n) is 8.29. The van der Waals surface area contributed by atoms with E-state index in [-0.39, 0.29) is 39.4 Å². The van der Waals surface area contributed by atoms with Gasteiger partial charge in [0.15, 0.2) is 17.6 Å². The zero-order valence-electron chi connectivity index (χ0n) is 20.9. The van der Waals surface area contributed by atoms with Gasteiger partial charge in [0.1, 0.15) is 11.8 Å². The van der Waals surface area contributed by atoms with Crippen LogP contribution in [0.3, 0.4) is 0 Å². The fraction of sp³-hybridized carbons (Fsp3) is 0.375. The average Bonchev–Trinajstić information content (AvgIpc) is 2.84. The number of hydrogen-bond acceptors (Lipinski definition) is 8. The fourth-order valence-corrected chi connectivity index (χ4v) is 3.68. The van der Waals surface area contributed by atoms with Gasteiger partial charge < -0.3 is 19.5 Å². The molecule has 0 radical (unpaired) electrons. The molecule has 2 aromatic carbocycles. The fourth-order valence-electron chi connectivity index (χ4n) is 3.23. The van der Waals surface area contributed by atoms with Crippen molar-refractivity contribution in [2.75, 3.05) is 14.2 Å². The van der Waals surface area contributed by atoms with Crippen LogP contribution < -0.4 is 25.0 Å². The van der Waals surface area contributed by atoms with Crippen molar-refractivity contribution in [1.82, 2.24) is 10.7 Å². The summed E-state index contributed by atoms with van der Waals surface area (Å²) >= 11 is 12.0. The minimum atomic E-state index is -0.966. The number of nitro benzene ring substituents is 1. The van der Waals surface area contributed by atoms with E-state index in [0.717, 1.165) is 0 Å². The average molecular weight is 555 g/mol. The molecule has 0 spiro atoms. The van der Waals surface area contributed by atoms with Crippen LogP contribution in [0.5, 0.6) is 17.2 Å². The van der Waals surface area contributed by atoms with Crippen molar-refractivity contribution >= 4 is 46.9 Å². The van der Waals surface area contributed by atoms with Crippen LogP contribution in [-0.2, 0) is 9.59 Å². The van der Waals surface area contributed by atoms with Crippen LogP contribution in [0.2, 0.25) is 10.0 Å². The third kappa shape index (κ3) is 8.50. The van der Waals surface area contributed by atoms with E-state index in [1.807, 2.05) is 13.8 Å². The highest BCUT2D eigenvalue weighted by atomic mass is 35.5. The van der Waals surface area contributed by atoms with Crippen LogP contribution in [-0.4, -0.2) is 49.3 Å². The molecule has 0 bridgehead atoms. The summed E-state index contributed by atoms with van der Waals surface area (Å²) in [6, 6.07) is 6.11. The van der Waals surface area contributed by atoms with E-state index in [2.05, 4.69) is 15.8 Å². The molecule has 2 atom stereocenters. The van der Waals surface area contributed by atoms with E-state index in [1.54, 1.807) is 12.1 Å². The Morgan fingerprint density at radius 2 is 1.78 bits per heavy atom. The largest absolute Gasteiger partial charge is 0.493 e. The van der Waals surface area contributed by atoms with Crippen molar-refractivity contribution in [2.45, 2.75) is 39.3 Å². The van der Waals surface area contributed by atoms with Crippen LogP contribution in [0.15, 0.2) is 35.4 Å². The molecule has 2 amide bonds. The number of hydrazone groups is 1. The Kier molecular flexibility index (Phi) is 10.9. The molecule has 0 unspecified atom stereocenters. The monoisotopic (exact) mass is 554 g/mol. The van der Waals surface area contributed by atoms with E-state index in [9.17, 15) is 19.7 Å². The molecule has 0 saturated carbocycles. The number of benzene rings is 2. The summed E-state index contributed by atoms with van der Waals surface area (Å²) in [5.41, 5.74) is 2.32. The van der Waals surface area contributed by atoms with Crippen LogP contribution in [0.4, 0.5) is 5.69 Å². The van der Waals surface area contributed by atoms with E-state index in [4.69, 9.17) is 37.4 Å². The van der Waals surface area contributed by atoms with Gasteiger partial charge in [-0.15, -0.1) is 0 Å². The van der Waals surface area contributed by atoms with E-state index >= 15 is 0 Å². The number of nitrogens with zero attached hydrogens (tertiary/aromatic N) is 2. The van der Waals surface area contributed by atoms with Crippen molar-refractivity contribution in [2.24, 2.45) is 11.0 Å². The van der Waals surface area contributed by atoms with Crippen molar-refractivity contribution in [3.8, 4) is 17.2 Å². The summed E-state index contributed by atoms with van der Waals surface area (Å²) in [4.78, 5) is 36.2. The Bertz CT molecular complexity index is 1170. The molecule has 200 valence electrons. The minimum Gasteiger partial charge on any atom is -0.493 e. The number of carbonyl (C=O) groups is 2. The van der Waals surface area contributed by atoms with Gasteiger partial charge in [-0.05, 0) is 37.5 Å². The lowest BCUT2D eigenvalue weighted by atomic mass is 10.0. The summed E-state index contributed by atoms with van der Waals surface area (Å²) in [6.45, 7) is 5.30. The Balaban J connectivity index is 2.15. The summed E-state index contributed by atoms with van der Waals surface area (Å²) in [5.74, 6) is -0.478. The molecule has 0 saturated heterocycles. The van der Waals surface area contributed by atoms with Crippen molar-refractivity contribution < 1.29 is 28.7 Å². The van der Waals surface area contributed by atoms with Crippen molar-refractivity contribution in [1.29, 1.82) is 0 Å². The number of nitrogens with one attached hydrogen (secondary N) is 2. The maximum atomic E-state index is 12.8. The second-order valence-corrected chi connectivity index (χ2v) is 9.13. The van der Waals surface area contributed by atoms with Gasteiger partial charge in [0.25, 0.3) is 17.5 Å². The van der Waals surface area contributed by atoms with E-state index in [0.29, 0.717) is 11.4 Å². The summed E-state index contributed by atoms with van der Waals surface area (Å²) in [5, 5.41) is 18.5. The van der Waals surface area contributed by atoms with Crippen molar-refractivity contribution in [3.63, 3.8) is 0 Å². The van der Waals surface area contributed by atoms with Crippen LogP contribution >= 0.6 is 23.2 Å². The Morgan fingerprint density at radius 3 is 2.35 bits per heavy atom. The van der Waals surface area contributed by atoms with E-state index < -0.39 is 28.9 Å². The molecular weight excluding hydrogens is 527 g/mol.